The Balaban J connectivity index is 2.05. The second-order valence-electron chi connectivity index (χ2n) is 5.65. The first-order valence-corrected chi connectivity index (χ1v) is 8.60. The Hall–Kier alpha value is -3.57. The molecule has 4 N–H and O–H groups in total. The Bertz CT molecular complexity index is 1180. The summed E-state index contributed by atoms with van der Waals surface area (Å²) in [6, 6.07) is 6.20. The van der Waals surface area contributed by atoms with E-state index >= 15 is 0 Å². The lowest BCUT2D eigenvalue weighted by Crippen LogP contribution is -2.03. The largest absolute Gasteiger partial charge is 0.478 e. The van der Waals surface area contributed by atoms with Crippen LogP contribution in [0.3, 0.4) is 0 Å². The average molecular weight is 415 g/mol. The quantitative estimate of drug-likeness (QED) is 0.234. The average Bonchev–Trinajstić information content (AvgIpc) is 3.01. The third-order valence-electron chi connectivity index (χ3n) is 3.85. The van der Waals surface area contributed by atoms with Gasteiger partial charge in [-0.15, -0.1) is 14.6 Å². The number of carboxylic acid groups (broad SMARTS) is 1. The van der Waals surface area contributed by atoms with Crippen molar-refractivity contribution in [3.05, 3.63) is 40.7 Å². The first kappa shape index (κ1) is 20.2. The molecule has 1 aromatic carbocycles. The van der Waals surface area contributed by atoms with Crippen molar-refractivity contribution in [2.75, 3.05) is 5.73 Å². The van der Waals surface area contributed by atoms with Crippen LogP contribution in [0.1, 0.15) is 27.3 Å². The second-order valence-corrected chi connectivity index (χ2v) is 6.42. The van der Waals surface area contributed by atoms with E-state index in [0.29, 0.717) is 39.5 Å². The monoisotopic (exact) mass is 415 g/mol. The van der Waals surface area contributed by atoms with Gasteiger partial charge < -0.3 is 10.8 Å². The van der Waals surface area contributed by atoms with Gasteiger partial charge in [-0.25, -0.2) is 15.0 Å². The van der Waals surface area contributed by atoms with Gasteiger partial charge in [0.15, 0.2) is 11.5 Å². The van der Waals surface area contributed by atoms with Crippen LogP contribution in [-0.4, -0.2) is 30.9 Å². The summed E-state index contributed by atoms with van der Waals surface area (Å²) in [4.78, 5) is 16.2. The molecular formula is C16H13N7O5S. The Morgan fingerprint density at radius 1 is 1.34 bits per heavy atom. The van der Waals surface area contributed by atoms with Crippen molar-refractivity contribution in [3.63, 3.8) is 0 Å². The number of anilines is 1. The molecule has 0 fully saturated rings. The number of rotatable bonds is 6. The Morgan fingerprint density at radius 2 is 2.10 bits per heavy atom. The maximum absolute atomic E-state index is 11.5. The zero-order valence-electron chi connectivity index (χ0n) is 15.0. The fourth-order valence-corrected chi connectivity index (χ4v) is 2.92. The van der Waals surface area contributed by atoms with E-state index in [2.05, 4.69) is 29.7 Å². The van der Waals surface area contributed by atoms with Crippen LogP contribution < -0.4 is 5.73 Å². The number of aryl methyl sites for hydroxylation is 2. The van der Waals surface area contributed by atoms with E-state index in [4.69, 9.17) is 11.0 Å². The molecule has 0 radical (unpaired) electrons. The number of nitriles is 1. The predicted octanol–water partition coefficient (Wildman–Crippen LogP) is 3.34. The van der Waals surface area contributed by atoms with Crippen molar-refractivity contribution in [1.29, 1.82) is 5.26 Å². The number of azo groups is 1. The number of carbonyl (C=O) groups is 1. The Labute approximate surface area is 167 Å². The third kappa shape index (κ3) is 3.86. The molecule has 0 aliphatic carbocycles. The van der Waals surface area contributed by atoms with Crippen LogP contribution in [0.4, 0.5) is 17.2 Å². The van der Waals surface area contributed by atoms with Crippen LogP contribution in [0.2, 0.25) is 0 Å². The van der Waals surface area contributed by atoms with Crippen molar-refractivity contribution in [3.8, 4) is 6.07 Å². The van der Waals surface area contributed by atoms with Crippen LogP contribution in [0.5, 0.6) is 0 Å². The smallest absolute Gasteiger partial charge is 0.338 e. The Morgan fingerprint density at radius 3 is 2.76 bits per heavy atom. The fourth-order valence-electron chi connectivity index (χ4n) is 2.52. The number of fused-ring (bicyclic) bond motifs is 1. The van der Waals surface area contributed by atoms with Gasteiger partial charge in [-0.3, -0.25) is 0 Å². The highest BCUT2D eigenvalue weighted by atomic mass is 32.2. The second kappa shape index (κ2) is 8.20. The van der Waals surface area contributed by atoms with Crippen LogP contribution in [-0.2, 0) is 9.37 Å². The summed E-state index contributed by atoms with van der Waals surface area (Å²) in [7, 11) is 0. The highest BCUT2D eigenvalue weighted by molar-refractivity contribution is 7.94. The molecule has 0 bridgehead atoms. The molecule has 29 heavy (non-hydrogen) atoms. The molecule has 0 aliphatic rings. The molecule has 2 aromatic heterocycles. The minimum atomic E-state index is -1.24. The molecule has 0 unspecified atom stereocenters. The summed E-state index contributed by atoms with van der Waals surface area (Å²) >= 11 is 0.611. The maximum Gasteiger partial charge on any atom is 0.338 e. The lowest BCUT2D eigenvalue weighted by molar-refractivity contribution is -0.432. The molecule has 0 saturated heterocycles. The van der Waals surface area contributed by atoms with Crippen LogP contribution in [0.25, 0.3) is 5.65 Å². The summed E-state index contributed by atoms with van der Waals surface area (Å²) in [5.74, 6) is -1.13. The molecule has 3 aromatic rings. The molecule has 0 amide bonds. The maximum atomic E-state index is 11.5. The highest BCUT2D eigenvalue weighted by Crippen LogP contribution is 2.32. The van der Waals surface area contributed by atoms with Gasteiger partial charge >= 0.3 is 5.97 Å². The number of nitrogen functional groups attached to an aromatic ring is 1. The number of benzene rings is 1. The summed E-state index contributed by atoms with van der Waals surface area (Å²) in [5, 5.41) is 42.6. The normalized spacial score (nSPS) is 11.2. The van der Waals surface area contributed by atoms with E-state index in [-0.39, 0.29) is 22.8 Å². The number of aromatic carboxylic acids is 1. The van der Waals surface area contributed by atoms with Crippen LogP contribution in [0.15, 0.2) is 33.3 Å². The standard InChI is InChI=1S/C16H13N7O5S/c1-7-11(6-17)15-19-8(2)13(14(18)23(15)22-7)21-20-12-4-3-9(29-28-27-26)5-10(12)16(24)25/h3-5,26H,18H2,1-2H3,(H,24,25). The van der Waals surface area contributed by atoms with Crippen molar-refractivity contribution < 1.29 is 24.5 Å². The van der Waals surface area contributed by atoms with Gasteiger partial charge in [0.2, 0.25) is 0 Å². The molecule has 2 heterocycles. The number of nitrogens with zero attached hydrogens (tertiary/aromatic N) is 6. The molecule has 148 valence electrons. The van der Waals surface area contributed by atoms with Crippen LogP contribution in [0, 0.1) is 25.2 Å². The summed E-state index contributed by atoms with van der Waals surface area (Å²) in [6.07, 6.45) is 0. The van der Waals surface area contributed by atoms with Gasteiger partial charge in [0.1, 0.15) is 23.0 Å². The highest BCUT2D eigenvalue weighted by Gasteiger charge is 2.18. The van der Waals surface area contributed by atoms with Gasteiger partial charge in [-0.1, -0.05) is 5.04 Å². The summed E-state index contributed by atoms with van der Waals surface area (Å²) in [6.45, 7) is 3.30. The van der Waals surface area contributed by atoms with E-state index in [1.807, 2.05) is 6.07 Å². The van der Waals surface area contributed by atoms with Gasteiger partial charge in [0.25, 0.3) is 0 Å². The molecule has 0 aliphatic heterocycles. The summed E-state index contributed by atoms with van der Waals surface area (Å²) in [5.41, 5.74) is 7.68. The van der Waals surface area contributed by atoms with E-state index in [1.165, 1.54) is 22.7 Å². The van der Waals surface area contributed by atoms with Crippen LogP contribution >= 0.6 is 12.0 Å². The van der Waals surface area contributed by atoms with E-state index < -0.39 is 5.97 Å². The lowest BCUT2D eigenvalue weighted by atomic mass is 10.2. The molecule has 13 heteroatoms. The van der Waals surface area contributed by atoms with E-state index in [0.717, 1.165) is 0 Å². The first-order valence-electron chi connectivity index (χ1n) is 7.86. The number of hydrogen-bond acceptors (Lipinski definition) is 11. The summed E-state index contributed by atoms with van der Waals surface area (Å²) < 4.78 is 5.58. The van der Waals surface area contributed by atoms with E-state index in [1.54, 1.807) is 13.8 Å². The number of hydrogen-bond donors (Lipinski definition) is 3. The van der Waals surface area contributed by atoms with Crippen molar-refractivity contribution >= 4 is 40.9 Å². The number of carboxylic acids is 1. The minimum Gasteiger partial charge on any atom is -0.478 e. The topological polar surface area (TPSA) is 181 Å². The third-order valence-corrected chi connectivity index (χ3v) is 4.43. The van der Waals surface area contributed by atoms with Crippen molar-refractivity contribution in [1.82, 2.24) is 14.6 Å². The molecule has 0 spiro atoms. The van der Waals surface area contributed by atoms with Crippen molar-refractivity contribution in [2.45, 2.75) is 18.7 Å². The van der Waals surface area contributed by atoms with Gasteiger partial charge in [0, 0.05) is 4.90 Å². The minimum absolute atomic E-state index is 0.0556. The van der Waals surface area contributed by atoms with Gasteiger partial charge in [-0.2, -0.15) is 14.9 Å². The molecular weight excluding hydrogens is 402 g/mol. The fraction of sp³-hybridized carbons (Fsp3) is 0.125. The van der Waals surface area contributed by atoms with E-state index in [9.17, 15) is 15.2 Å². The molecule has 3 rings (SSSR count). The van der Waals surface area contributed by atoms with Gasteiger partial charge in [-0.05, 0) is 32.0 Å². The Kier molecular flexibility index (Phi) is 5.71. The number of aromatic nitrogens is 3. The zero-order valence-corrected chi connectivity index (χ0v) is 15.8. The molecule has 0 atom stereocenters. The predicted molar refractivity (Wildman–Crippen MR) is 99.8 cm³/mol. The molecule has 12 nitrogen and oxygen atoms in total. The number of nitrogens with two attached hydrogens (primary N) is 1. The zero-order chi connectivity index (χ0) is 21.1. The first-order chi connectivity index (χ1) is 13.9. The SMILES string of the molecule is Cc1nc2c(C#N)c(C)nn2c(N)c1N=Nc1ccc(SOOO)cc1C(=O)O. The van der Waals surface area contributed by atoms with Gasteiger partial charge in [0.05, 0.1) is 29.0 Å². The lowest BCUT2D eigenvalue weighted by Gasteiger charge is -2.06. The molecule has 0 saturated carbocycles. The van der Waals surface area contributed by atoms with Crippen molar-refractivity contribution in [2.24, 2.45) is 10.2 Å².